The normalized spacial score (nSPS) is 13.7. The van der Waals surface area contributed by atoms with Gasteiger partial charge in [0.25, 0.3) is 0 Å². The van der Waals surface area contributed by atoms with Crippen molar-refractivity contribution in [3.63, 3.8) is 0 Å². The van der Waals surface area contributed by atoms with Crippen molar-refractivity contribution < 1.29 is 18.3 Å². The largest absolute Gasteiger partial charge is 0.418 e. The van der Waals surface area contributed by atoms with E-state index < -0.39 is 12.3 Å². The van der Waals surface area contributed by atoms with E-state index in [1.54, 1.807) is 10.8 Å². The Labute approximate surface area is 121 Å². The van der Waals surface area contributed by atoms with Crippen LogP contribution in [0.2, 0.25) is 0 Å². The second kappa shape index (κ2) is 5.93. The summed E-state index contributed by atoms with van der Waals surface area (Å²) >= 11 is 0. The molecule has 2 nitrogen and oxygen atoms in total. The third-order valence-electron chi connectivity index (χ3n) is 3.41. The molecule has 1 aromatic heterocycles. The molecule has 1 aromatic carbocycles. The molecule has 1 heterocycles. The second-order valence-corrected chi connectivity index (χ2v) is 5.46. The Balaban J connectivity index is 2.09. The molecule has 0 aliphatic rings. The first-order valence-corrected chi connectivity index (χ1v) is 6.76. The average molecular weight is 297 g/mol. The van der Waals surface area contributed by atoms with E-state index in [4.69, 9.17) is 0 Å². The molecule has 0 bridgehead atoms. The Kier molecular flexibility index (Phi) is 4.42. The van der Waals surface area contributed by atoms with Crippen LogP contribution in [-0.4, -0.2) is 15.8 Å². The monoisotopic (exact) mass is 297 g/mol. The molecule has 114 valence electrons. The summed E-state index contributed by atoms with van der Waals surface area (Å²) in [5.74, 6) is 0.444. The quantitative estimate of drug-likeness (QED) is 0.896. The Morgan fingerprint density at radius 2 is 1.67 bits per heavy atom. The first-order chi connectivity index (χ1) is 9.77. The molecule has 0 fully saturated rings. The Hall–Kier alpha value is -1.75. The van der Waals surface area contributed by atoms with E-state index in [9.17, 15) is 18.3 Å². The van der Waals surface area contributed by atoms with Gasteiger partial charge in [0.1, 0.15) is 0 Å². The molecule has 1 atom stereocenters. The van der Waals surface area contributed by atoms with Crippen LogP contribution in [0.4, 0.5) is 13.2 Å². The van der Waals surface area contributed by atoms with Crippen LogP contribution >= 0.6 is 0 Å². The topological polar surface area (TPSA) is 25.2 Å². The number of hydrogen-bond acceptors (Lipinski definition) is 1. The van der Waals surface area contributed by atoms with Crippen LogP contribution in [-0.2, 0) is 6.54 Å². The maximum absolute atomic E-state index is 12.4. The smallest absolute Gasteiger partial charge is 0.379 e. The van der Waals surface area contributed by atoms with Crippen molar-refractivity contribution in [2.75, 3.05) is 0 Å². The highest BCUT2D eigenvalue weighted by Crippen LogP contribution is 2.32. The van der Waals surface area contributed by atoms with Crippen LogP contribution in [0.25, 0.3) is 0 Å². The van der Waals surface area contributed by atoms with Crippen molar-refractivity contribution in [3.8, 4) is 0 Å². The fraction of sp³-hybridized carbons (Fsp3) is 0.375. The fourth-order valence-electron chi connectivity index (χ4n) is 2.13. The van der Waals surface area contributed by atoms with Gasteiger partial charge in [-0.2, -0.15) is 13.2 Å². The summed E-state index contributed by atoms with van der Waals surface area (Å²) in [4.78, 5) is 0. The van der Waals surface area contributed by atoms with Gasteiger partial charge in [0.05, 0.1) is 0 Å². The van der Waals surface area contributed by atoms with E-state index in [-0.39, 0.29) is 5.56 Å². The Morgan fingerprint density at radius 3 is 2.19 bits per heavy atom. The third-order valence-corrected chi connectivity index (χ3v) is 3.41. The van der Waals surface area contributed by atoms with Crippen molar-refractivity contribution >= 4 is 0 Å². The van der Waals surface area contributed by atoms with Crippen LogP contribution in [0.1, 0.15) is 42.6 Å². The molecule has 0 amide bonds. The van der Waals surface area contributed by atoms with E-state index in [0.29, 0.717) is 12.5 Å². The molecule has 1 N–H and O–H groups in total. The van der Waals surface area contributed by atoms with Crippen molar-refractivity contribution in [2.45, 2.75) is 38.6 Å². The van der Waals surface area contributed by atoms with Gasteiger partial charge in [-0.05, 0) is 23.1 Å². The molecule has 0 saturated heterocycles. The van der Waals surface area contributed by atoms with Crippen LogP contribution in [0.5, 0.6) is 0 Å². The standard InChI is InChI=1S/C16H18F3NO/c1-11(2)13-5-3-12(4-6-13)9-20-8-7-14(10-20)15(21)16(17,18)19/h3-8,10-11,15,21H,9H2,1-2H3. The lowest BCUT2D eigenvalue weighted by molar-refractivity contribution is -0.206. The number of rotatable bonds is 4. The predicted molar refractivity (Wildman–Crippen MR) is 75.1 cm³/mol. The van der Waals surface area contributed by atoms with Gasteiger partial charge in [-0.3, -0.25) is 0 Å². The molecule has 0 radical (unpaired) electrons. The molecule has 2 rings (SSSR count). The number of halogens is 3. The minimum absolute atomic E-state index is 0.138. The summed E-state index contributed by atoms with van der Waals surface area (Å²) in [5, 5.41) is 9.20. The summed E-state index contributed by atoms with van der Waals surface area (Å²) in [6.07, 6.45) is -4.19. The van der Waals surface area contributed by atoms with E-state index in [2.05, 4.69) is 13.8 Å². The molecular weight excluding hydrogens is 279 g/mol. The Bertz CT molecular complexity index is 584. The van der Waals surface area contributed by atoms with Gasteiger partial charge in [-0.15, -0.1) is 0 Å². The van der Waals surface area contributed by atoms with Crippen molar-refractivity contribution in [1.82, 2.24) is 4.57 Å². The summed E-state index contributed by atoms with van der Waals surface area (Å²) in [6.45, 7) is 4.68. The van der Waals surface area contributed by atoms with Crippen LogP contribution in [0.3, 0.4) is 0 Å². The van der Waals surface area contributed by atoms with Crippen LogP contribution in [0, 0.1) is 0 Å². The van der Waals surface area contributed by atoms with Gasteiger partial charge < -0.3 is 9.67 Å². The molecular formula is C16H18F3NO. The number of aliphatic hydroxyl groups excluding tert-OH is 1. The molecule has 2 aromatic rings. The number of nitrogens with zero attached hydrogens (tertiary/aromatic N) is 1. The zero-order valence-corrected chi connectivity index (χ0v) is 11.9. The van der Waals surface area contributed by atoms with Gasteiger partial charge >= 0.3 is 6.18 Å². The van der Waals surface area contributed by atoms with Gasteiger partial charge in [0, 0.05) is 24.5 Å². The molecule has 5 heteroatoms. The summed E-state index contributed by atoms with van der Waals surface area (Å²) in [6, 6.07) is 9.27. The molecule has 1 unspecified atom stereocenters. The molecule has 21 heavy (non-hydrogen) atoms. The lowest BCUT2D eigenvalue weighted by atomic mass is 10.0. The lowest BCUT2D eigenvalue weighted by Crippen LogP contribution is -2.19. The lowest BCUT2D eigenvalue weighted by Gasteiger charge is -2.12. The van der Waals surface area contributed by atoms with Gasteiger partial charge in [-0.1, -0.05) is 38.1 Å². The van der Waals surface area contributed by atoms with Gasteiger partial charge in [-0.25, -0.2) is 0 Å². The zero-order valence-electron chi connectivity index (χ0n) is 11.9. The number of hydrogen-bond donors (Lipinski definition) is 1. The molecule has 0 spiro atoms. The van der Waals surface area contributed by atoms with Crippen molar-refractivity contribution in [3.05, 3.63) is 59.4 Å². The Morgan fingerprint density at radius 1 is 1.05 bits per heavy atom. The highest BCUT2D eigenvalue weighted by molar-refractivity contribution is 5.25. The number of benzene rings is 1. The zero-order chi connectivity index (χ0) is 15.6. The second-order valence-electron chi connectivity index (χ2n) is 5.46. The van der Waals surface area contributed by atoms with Crippen LogP contribution < -0.4 is 0 Å². The van der Waals surface area contributed by atoms with E-state index in [0.717, 1.165) is 5.56 Å². The minimum Gasteiger partial charge on any atom is -0.379 e. The molecule has 0 aliphatic heterocycles. The number of alkyl halides is 3. The molecule has 0 saturated carbocycles. The minimum atomic E-state index is -4.63. The first kappa shape index (κ1) is 15.6. The summed E-state index contributed by atoms with van der Waals surface area (Å²) < 4.78 is 38.9. The van der Waals surface area contributed by atoms with Crippen molar-refractivity contribution in [1.29, 1.82) is 0 Å². The fourth-order valence-corrected chi connectivity index (χ4v) is 2.13. The SMILES string of the molecule is CC(C)c1ccc(Cn2ccc(C(O)C(F)(F)F)c2)cc1. The van der Waals surface area contributed by atoms with Gasteiger partial charge in [0.2, 0.25) is 0 Å². The van der Waals surface area contributed by atoms with E-state index in [1.807, 2.05) is 24.3 Å². The number of aromatic nitrogens is 1. The van der Waals surface area contributed by atoms with Gasteiger partial charge in [0.15, 0.2) is 6.10 Å². The van der Waals surface area contributed by atoms with Crippen molar-refractivity contribution in [2.24, 2.45) is 0 Å². The van der Waals surface area contributed by atoms with Crippen LogP contribution in [0.15, 0.2) is 42.7 Å². The summed E-state index contributed by atoms with van der Waals surface area (Å²) in [7, 11) is 0. The average Bonchev–Trinajstić information content (AvgIpc) is 2.85. The highest BCUT2D eigenvalue weighted by Gasteiger charge is 2.39. The summed E-state index contributed by atoms with van der Waals surface area (Å²) in [5.41, 5.74) is 2.09. The van der Waals surface area contributed by atoms with E-state index in [1.165, 1.54) is 17.8 Å². The number of aliphatic hydroxyl groups is 1. The highest BCUT2D eigenvalue weighted by atomic mass is 19.4. The predicted octanol–water partition coefficient (Wildman–Crippen LogP) is 4.26. The maximum Gasteiger partial charge on any atom is 0.418 e. The third kappa shape index (κ3) is 3.88. The van der Waals surface area contributed by atoms with E-state index >= 15 is 0 Å². The molecule has 0 aliphatic carbocycles. The maximum atomic E-state index is 12.4. The first-order valence-electron chi connectivity index (χ1n) is 6.76.